The van der Waals surface area contributed by atoms with Crippen LogP contribution < -0.4 is 9.80 Å². The minimum atomic E-state index is -0.267. The van der Waals surface area contributed by atoms with Gasteiger partial charge in [0.2, 0.25) is 11.8 Å². The van der Waals surface area contributed by atoms with Crippen LogP contribution in [0, 0.1) is 5.92 Å². The first kappa shape index (κ1) is 17.9. The Hall–Kier alpha value is -2.53. The third kappa shape index (κ3) is 3.78. The lowest BCUT2D eigenvalue weighted by Crippen LogP contribution is -2.50. The molecule has 1 unspecified atom stereocenters. The summed E-state index contributed by atoms with van der Waals surface area (Å²) in [6.45, 7) is 3.46. The van der Waals surface area contributed by atoms with Gasteiger partial charge in [-0.1, -0.05) is 29.8 Å². The summed E-state index contributed by atoms with van der Waals surface area (Å²) in [6.07, 6.45) is 0.278. The van der Waals surface area contributed by atoms with Crippen molar-refractivity contribution in [3.05, 3.63) is 59.6 Å². The fourth-order valence-corrected chi connectivity index (χ4v) is 3.95. The largest absolute Gasteiger partial charge is 0.368 e. The molecule has 2 fully saturated rings. The molecule has 0 spiro atoms. The van der Waals surface area contributed by atoms with Crippen molar-refractivity contribution >= 4 is 34.8 Å². The van der Waals surface area contributed by atoms with Gasteiger partial charge in [-0.2, -0.15) is 0 Å². The molecule has 0 radical (unpaired) electrons. The fraction of sp³-hybridized carbons (Fsp3) is 0.333. The number of rotatable bonds is 3. The lowest BCUT2D eigenvalue weighted by atomic mass is 10.1. The van der Waals surface area contributed by atoms with Crippen molar-refractivity contribution in [3.8, 4) is 0 Å². The Kier molecular flexibility index (Phi) is 5.03. The normalized spacial score (nSPS) is 20.3. The van der Waals surface area contributed by atoms with E-state index in [1.165, 1.54) is 5.69 Å². The number of hydrogen-bond donors (Lipinski definition) is 0. The minimum Gasteiger partial charge on any atom is -0.368 e. The second kappa shape index (κ2) is 7.61. The van der Waals surface area contributed by atoms with Crippen LogP contribution in [0.4, 0.5) is 11.4 Å². The van der Waals surface area contributed by atoms with Crippen LogP contribution in [0.25, 0.3) is 0 Å². The smallest absolute Gasteiger partial charge is 0.228 e. The van der Waals surface area contributed by atoms with E-state index >= 15 is 0 Å². The average Bonchev–Trinajstić information content (AvgIpc) is 3.10. The topological polar surface area (TPSA) is 43.9 Å². The van der Waals surface area contributed by atoms with E-state index in [0.29, 0.717) is 24.7 Å². The number of hydrogen-bond acceptors (Lipinski definition) is 3. The van der Waals surface area contributed by atoms with Gasteiger partial charge in [-0.05, 0) is 36.4 Å². The van der Waals surface area contributed by atoms with E-state index in [4.69, 9.17) is 11.6 Å². The zero-order chi connectivity index (χ0) is 18.8. The van der Waals surface area contributed by atoms with Gasteiger partial charge in [0, 0.05) is 55.5 Å². The van der Waals surface area contributed by atoms with Crippen LogP contribution in [0.1, 0.15) is 6.42 Å². The van der Waals surface area contributed by atoms with E-state index in [1.54, 1.807) is 17.0 Å². The van der Waals surface area contributed by atoms with Crippen molar-refractivity contribution in [1.82, 2.24) is 4.90 Å². The molecule has 0 aliphatic carbocycles. The molecule has 5 nitrogen and oxygen atoms in total. The Morgan fingerprint density at radius 1 is 0.889 bits per heavy atom. The molecule has 2 amide bonds. The van der Waals surface area contributed by atoms with Crippen molar-refractivity contribution in [1.29, 1.82) is 0 Å². The van der Waals surface area contributed by atoms with Gasteiger partial charge < -0.3 is 14.7 Å². The van der Waals surface area contributed by atoms with Gasteiger partial charge in [-0.25, -0.2) is 0 Å². The third-order valence-corrected chi connectivity index (χ3v) is 5.58. The summed E-state index contributed by atoms with van der Waals surface area (Å²) in [6, 6.07) is 17.4. The Morgan fingerprint density at radius 3 is 2.22 bits per heavy atom. The molecule has 2 aliphatic heterocycles. The minimum absolute atomic E-state index is 0.00130. The molecule has 2 aromatic carbocycles. The predicted octanol–water partition coefficient (Wildman–Crippen LogP) is 3.04. The zero-order valence-corrected chi connectivity index (χ0v) is 15.8. The molecular formula is C21H22ClN3O2. The van der Waals surface area contributed by atoms with Crippen LogP contribution in [-0.2, 0) is 9.59 Å². The second-order valence-electron chi connectivity index (χ2n) is 7.03. The van der Waals surface area contributed by atoms with E-state index in [0.717, 1.165) is 18.8 Å². The average molecular weight is 384 g/mol. The summed E-state index contributed by atoms with van der Waals surface area (Å²) < 4.78 is 0. The first-order valence-electron chi connectivity index (χ1n) is 9.26. The number of nitrogens with zero attached hydrogens (tertiary/aromatic N) is 3. The maximum absolute atomic E-state index is 12.9. The number of para-hydroxylation sites is 1. The molecule has 140 valence electrons. The number of amides is 2. The molecule has 0 bridgehead atoms. The summed E-state index contributed by atoms with van der Waals surface area (Å²) >= 11 is 5.92. The number of piperazine rings is 1. The number of benzene rings is 2. The monoisotopic (exact) mass is 383 g/mol. The first-order valence-corrected chi connectivity index (χ1v) is 9.64. The van der Waals surface area contributed by atoms with E-state index in [2.05, 4.69) is 17.0 Å². The number of halogens is 1. The highest BCUT2D eigenvalue weighted by Gasteiger charge is 2.37. The molecule has 1 atom stereocenters. The molecule has 2 heterocycles. The van der Waals surface area contributed by atoms with Crippen LogP contribution in [0.2, 0.25) is 5.02 Å². The van der Waals surface area contributed by atoms with Crippen LogP contribution >= 0.6 is 11.6 Å². The van der Waals surface area contributed by atoms with Crippen molar-refractivity contribution in [2.75, 3.05) is 42.5 Å². The lowest BCUT2D eigenvalue weighted by Gasteiger charge is -2.37. The van der Waals surface area contributed by atoms with Gasteiger partial charge in [0.05, 0.1) is 5.92 Å². The molecule has 2 saturated heterocycles. The van der Waals surface area contributed by atoms with Crippen LogP contribution in [0.5, 0.6) is 0 Å². The zero-order valence-electron chi connectivity index (χ0n) is 15.1. The van der Waals surface area contributed by atoms with E-state index in [1.807, 2.05) is 35.2 Å². The van der Waals surface area contributed by atoms with Crippen molar-refractivity contribution in [2.24, 2.45) is 5.92 Å². The third-order valence-electron chi connectivity index (χ3n) is 5.33. The van der Waals surface area contributed by atoms with E-state index < -0.39 is 0 Å². The van der Waals surface area contributed by atoms with Crippen LogP contribution in [-0.4, -0.2) is 49.4 Å². The standard InChI is InChI=1S/C21H22ClN3O2/c22-17-6-8-19(9-7-17)25-15-16(14-20(25)26)21(27)24-12-10-23(11-13-24)18-4-2-1-3-5-18/h1-9,16H,10-15H2. The molecule has 0 N–H and O–H groups in total. The molecule has 0 aromatic heterocycles. The molecule has 4 rings (SSSR count). The summed E-state index contributed by atoms with van der Waals surface area (Å²) in [4.78, 5) is 31.2. The summed E-state index contributed by atoms with van der Waals surface area (Å²) in [7, 11) is 0. The highest BCUT2D eigenvalue weighted by molar-refractivity contribution is 6.30. The van der Waals surface area contributed by atoms with Gasteiger partial charge in [0.15, 0.2) is 0 Å². The number of carbonyl (C=O) groups excluding carboxylic acids is 2. The van der Waals surface area contributed by atoms with E-state index in [9.17, 15) is 9.59 Å². The quantitative estimate of drug-likeness (QED) is 0.818. The van der Waals surface area contributed by atoms with E-state index in [-0.39, 0.29) is 24.2 Å². The first-order chi connectivity index (χ1) is 13.1. The van der Waals surface area contributed by atoms with Crippen molar-refractivity contribution in [2.45, 2.75) is 6.42 Å². The maximum Gasteiger partial charge on any atom is 0.228 e. The van der Waals surface area contributed by atoms with Gasteiger partial charge in [-0.3, -0.25) is 9.59 Å². The van der Waals surface area contributed by atoms with Crippen molar-refractivity contribution < 1.29 is 9.59 Å². The summed E-state index contributed by atoms with van der Waals surface area (Å²) in [5.41, 5.74) is 1.99. The summed E-state index contributed by atoms with van der Waals surface area (Å²) in [5.74, 6) is -0.178. The molecule has 2 aromatic rings. The predicted molar refractivity (Wildman–Crippen MR) is 107 cm³/mol. The summed E-state index contributed by atoms with van der Waals surface area (Å²) in [5, 5.41) is 0.634. The fourth-order valence-electron chi connectivity index (χ4n) is 3.83. The molecule has 6 heteroatoms. The van der Waals surface area contributed by atoms with Crippen LogP contribution in [0.15, 0.2) is 54.6 Å². The Balaban J connectivity index is 1.36. The highest BCUT2D eigenvalue weighted by Crippen LogP contribution is 2.28. The Bertz CT molecular complexity index is 817. The SMILES string of the molecule is O=C(C1CC(=O)N(c2ccc(Cl)cc2)C1)N1CCN(c2ccccc2)CC1. The molecule has 0 saturated carbocycles. The van der Waals surface area contributed by atoms with Gasteiger partial charge in [0.25, 0.3) is 0 Å². The van der Waals surface area contributed by atoms with Gasteiger partial charge in [-0.15, -0.1) is 0 Å². The molecular weight excluding hydrogens is 362 g/mol. The van der Waals surface area contributed by atoms with Crippen molar-refractivity contribution in [3.63, 3.8) is 0 Å². The lowest BCUT2D eigenvalue weighted by molar-refractivity contribution is -0.136. The van der Waals surface area contributed by atoms with Gasteiger partial charge >= 0.3 is 0 Å². The Labute approximate surface area is 164 Å². The Morgan fingerprint density at radius 2 is 1.56 bits per heavy atom. The highest BCUT2D eigenvalue weighted by atomic mass is 35.5. The number of carbonyl (C=O) groups is 2. The van der Waals surface area contributed by atoms with Crippen LogP contribution in [0.3, 0.4) is 0 Å². The maximum atomic E-state index is 12.9. The van der Waals surface area contributed by atoms with Gasteiger partial charge in [0.1, 0.15) is 0 Å². The molecule has 2 aliphatic rings. The second-order valence-corrected chi connectivity index (χ2v) is 7.47. The number of anilines is 2. The molecule has 27 heavy (non-hydrogen) atoms.